The Bertz CT molecular complexity index is 682. The van der Waals surface area contributed by atoms with Crippen molar-refractivity contribution in [2.45, 2.75) is 24.7 Å². The van der Waals surface area contributed by atoms with Gasteiger partial charge in [-0.3, -0.25) is 9.59 Å². The largest absolute Gasteiger partial charge is 0.481 e. The summed E-state index contributed by atoms with van der Waals surface area (Å²) in [7, 11) is 0. The van der Waals surface area contributed by atoms with Gasteiger partial charge < -0.3 is 10.2 Å². The number of benzene rings is 2. The van der Waals surface area contributed by atoms with Gasteiger partial charge in [0.25, 0.3) is 0 Å². The van der Waals surface area contributed by atoms with Crippen molar-refractivity contribution in [2.24, 2.45) is 0 Å². The molecule has 0 bridgehead atoms. The lowest BCUT2D eigenvalue weighted by Gasteiger charge is -2.27. The maximum Gasteiger partial charge on any atom is 0.303 e. The van der Waals surface area contributed by atoms with Gasteiger partial charge in [-0.1, -0.05) is 59.6 Å². The highest BCUT2D eigenvalue weighted by Gasteiger charge is 2.31. The van der Waals surface area contributed by atoms with Gasteiger partial charge in [0.05, 0.1) is 12.8 Å². The minimum Gasteiger partial charge on any atom is -0.481 e. The smallest absolute Gasteiger partial charge is 0.303 e. The van der Waals surface area contributed by atoms with Crippen LogP contribution in [0.15, 0.2) is 48.5 Å². The van der Waals surface area contributed by atoms with E-state index in [0.717, 1.165) is 0 Å². The van der Waals surface area contributed by atoms with E-state index < -0.39 is 23.8 Å². The van der Waals surface area contributed by atoms with Gasteiger partial charge in [-0.25, -0.2) is 0 Å². The zero-order valence-electron chi connectivity index (χ0n) is 12.7. The molecule has 0 aromatic heterocycles. The van der Waals surface area contributed by atoms with Crippen molar-refractivity contribution < 1.29 is 19.8 Å². The Kier molecular flexibility index (Phi) is 6.23. The molecule has 0 heterocycles. The minimum absolute atomic E-state index is 0.243. The number of aliphatic carboxylic acids is 2. The van der Waals surface area contributed by atoms with Crippen molar-refractivity contribution in [1.29, 1.82) is 0 Å². The average molecular weight is 367 g/mol. The molecule has 126 valence electrons. The van der Waals surface area contributed by atoms with Crippen molar-refractivity contribution in [3.05, 3.63) is 69.7 Å². The van der Waals surface area contributed by atoms with Gasteiger partial charge in [-0.05, 0) is 23.3 Å². The molecule has 0 spiro atoms. The van der Waals surface area contributed by atoms with E-state index in [9.17, 15) is 19.8 Å². The lowest BCUT2D eigenvalue weighted by molar-refractivity contribution is -0.140. The number of rotatable bonds is 7. The van der Waals surface area contributed by atoms with Gasteiger partial charge >= 0.3 is 11.9 Å². The average Bonchev–Trinajstić information content (AvgIpc) is 2.52. The van der Waals surface area contributed by atoms with E-state index in [1.54, 1.807) is 48.5 Å². The highest BCUT2D eigenvalue weighted by Crippen LogP contribution is 2.42. The van der Waals surface area contributed by atoms with Crippen molar-refractivity contribution in [1.82, 2.24) is 0 Å². The number of hydrogen-bond donors (Lipinski definition) is 2. The molecule has 0 aliphatic carbocycles. The van der Waals surface area contributed by atoms with Crippen molar-refractivity contribution in [2.75, 3.05) is 0 Å². The molecular weight excluding hydrogens is 351 g/mol. The lowest BCUT2D eigenvalue weighted by atomic mass is 9.77. The van der Waals surface area contributed by atoms with Gasteiger partial charge in [0.1, 0.15) is 0 Å². The molecule has 24 heavy (non-hydrogen) atoms. The molecule has 0 fully saturated rings. The maximum atomic E-state index is 11.4. The summed E-state index contributed by atoms with van der Waals surface area (Å²) in [6, 6.07) is 13.8. The van der Waals surface area contributed by atoms with E-state index in [4.69, 9.17) is 23.2 Å². The first kappa shape index (κ1) is 18.3. The first-order valence-corrected chi connectivity index (χ1v) is 8.08. The lowest BCUT2D eigenvalue weighted by Crippen LogP contribution is -2.19. The van der Waals surface area contributed by atoms with Crippen LogP contribution in [0.2, 0.25) is 10.0 Å². The fourth-order valence-electron chi connectivity index (χ4n) is 2.87. The summed E-state index contributed by atoms with van der Waals surface area (Å²) in [4.78, 5) is 22.8. The second-order valence-corrected chi connectivity index (χ2v) is 6.27. The Morgan fingerprint density at radius 1 is 0.750 bits per heavy atom. The molecular formula is C18H16Cl2O4. The maximum absolute atomic E-state index is 11.4. The molecule has 2 aromatic carbocycles. The number of carbonyl (C=O) groups is 2. The Balaban J connectivity index is 2.57. The van der Waals surface area contributed by atoms with E-state index in [-0.39, 0.29) is 12.8 Å². The predicted octanol–water partition coefficient (Wildman–Crippen LogP) is 4.81. The molecule has 2 atom stereocenters. The third kappa shape index (κ3) is 4.49. The molecule has 0 radical (unpaired) electrons. The molecule has 2 aromatic rings. The molecule has 6 heteroatoms. The Hall–Kier alpha value is -2.04. The highest BCUT2D eigenvalue weighted by molar-refractivity contribution is 6.32. The predicted molar refractivity (Wildman–Crippen MR) is 92.9 cm³/mol. The van der Waals surface area contributed by atoms with Crippen LogP contribution >= 0.6 is 23.2 Å². The molecule has 4 nitrogen and oxygen atoms in total. The summed E-state index contributed by atoms with van der Waals surface area (Å²) >= 11 is 12.5. The minimum atomic E-state index is -1.03. The van der Waals surface area contributed by atoms with Crippen LogP contribution in [-0.4, -0.2) is 22.2 Å². The third-order valence-corrected chi connectivity index (χ3v) is 4.57. The Labute approximate surface area is 149 Å². The number of halogens is 2. The van der Waals surface area contributed by atoms with Crippen LogP contribution in [0.1, 0.15) is 35.8 Å². The van der Waals surface area contributed by atoms with E-state index in [0.29, 0.717) is 21.2 Å². The number of hydrogen-bond acceptors (Lipinski definition) is 2. The summed E-state index contributed by atoms with van der Waals surface area (Å²) in [5.74, 6) is -3.26. The van der Waals surface area contributed by atoms with Gasteiger partial charge in [0.2, 0.25) is 0 Å². The molecule has 2 N–H and O–H groups in total. The van der Waals surface area contributed by atoms with Crippen LogP contribution in [-0.2, 0) is 9.59 Å². The quantitative estimate of drug-likeness (QED) is 0.737. The topological polar surface area (TPSA) is 74.6 Å². The van der Waals surface area contributed by atoms with Gasteiger partial charge in [-0.15, -0.1) is 0 Å². The van der Waals surface area contributed by atoms with Gasteiger partial charge in [0, 0.05) is 21.9 Å². The van der Waals surface area contributed by atoms with Crippen LogP contribution in [0.25, 0.3) is 0 Å². The number of carboxylic acid groups (broad SMARTS) is 2. The third-order valence-electron chi connectivity index (χ3n) is 3.88. The van der Waals surface area contributed by atoms with Crippen molar-refractivity contribution in [3.63, 3.8) is 0 Å². The van der Waals surface area contributed by atoms with E-state index in [1.807, 2.05) is 0 Å². The Morgan fingerprint density at radius 2 is 1.08 bits per heavy atom. The zero-order valence-corrected chi connectivity index (χ0v) is 14.2. The summed E-state index contributed by atoms with van der Waals surface area (Å²) < 4.78 is 0. The van der Waals surface area contributed by atoms with Crippen molar-refractivity contribution in [3.8, 4) is 0 Å². The van der Waals surface area contributed by atoms with Crippen LogP contribution in [0, 0.1) is 0 Å². The molecule has 0 aliphatic rings. The van der Waals surface area contributed by atoms with E-state index in [2.05, 4.69) is 0 Å². The second-order valence-electron chi connectivity index (χ2n) is 5.45. The van der Waals surface area contributed by atoms with E-state index >= 15 is 0 Å². The first-order chi connectivity index (χ1) is 11.4. The number of carboxylic acids is 2. The monoisotopic (exact) mass is 366 g/mol. The van der Waals surface area contributed by atoms with E-state index in [1.165, 1.54) is 0 Å². The summed E-state index contributed by atoms with van der Waals surface area (Å²) in [6.07, 6.45) is -0.486. The normalized spacial score (nSPS) is 13.2. The van der Waals surface area contributed by atoms with Gasteiger partial charge in [0.15, 0.2) is 0 Å². The van der Waals surface area contributed by atoms with Crippen LogP contribution in [0.5, 0.6) is 0 Å². The summed E-state index contributed by atoms with van der Waals surface area (Å²) in [6.45, 7) is 0. The van der Waals surface area contributed by atoms with Crippen molar-refractivity contribution >= 4 is 35.1 Å². The summed E-state index contributed by atoms with van der Waals surface area (Å²) in [5.41, 5.74) is 1.21. The second kappa shape index (κ2) is 8.18. The van der Waals surface area contributed by atoms with Crippen LogP contribution < -0.4 is 0 Å². The fourth-order valence-corrected chi connectivity index (χ4v) is 3.42. The molecule has 2 rings (SSSR count). The fraction of sp³-hybridized carbons (Fsp3) is 0.222. The highest BCUT2D eigenvalue weighted by atomic mass is 35.5. The molecule has 0 amide bonds. The standard InChI is InChI=1S/C18H16Cl2O4/c19-15-7-3-1-5-11(15)13(9-17(21)22)14(10-18(23)24)12-6-2-4-8-16(12)20/h1-8,13-14H,9-10H2,(H,21,22)(H,23,24). The van der Waals surface area contributed by atoms with Gasteiger partial charge in [-0.2, -0.15) is 0 Å². The van der Waals surface area contributed by atoms with Crippen LogP contribution in [0.3, 0.4) is 0 Å². The molecule has 0 aliphatic heterocycles. The molecule has 0 saturated carbocycles. The zero-order chi connectivity index (χ0) is 17.7. The SMILES string of the molecule is O=C(O)CC(c1ccccc1Cl)C(CC(=O)O)c1ccccc1Cl. The Morgan fingerprint density at radius 3 is 1.38 bits per heavy atom. The molecule has 2 unspecified atom stereocenters. The molecule has 0 saturated heterocycles. The summed E-state index contributed by atoms with van der Waals surface area (Å²) in [5, 5.41) is 19.4. The first-order valence-electron chi connectivity index (χ1n) is 7.32. The van der Waals surface area contributed by atoms with Crippen LogP contribution in [0.4, 0.5) is 0 Å².